The fraction of sp³-hybridized carbons (Fsp3) is 0.185. The molecule has 0 fully saturated rings. The summed E-state index contributed by atoms with van der Waals surface area (Å²) in [6, 6.07) is 25.8. The number of benzene rings is 3. The van der Waals surface area contributed by atoms with Crippen molar-refractivity contribution in [3.05, 3.63) is 96.2 Å². The Morgan fingerprint density at radius 2 is 1.78 bits per heavy atom. The van der Waals surface area contributed by atoms with Gasteiger partial charge in [-0.25, -0.2) is 4.98 Å². The summed E-state index contributed by atoms with van der Waals surface area (Å²) in [6.07, 6.45) is 2.58. The zero-order valence-corrected chi connectivity index (χ0v) is 18.3. The Kier molecular flexibility index (Phi) is 6.66. The number of amides is 1. The molecule has 32 heavy (non-hydrogen) atoms. The van der Waals surface area contributed by atoms with E-state index in [9.17, 15) is 4.79 Å². The van der Waals surface area contributed by atoms with Gasteiger partial charge >= 0.3 is 0 Å². The van der Waals surface area contributed by atoms with Crippen LogP contribution < -0.4 is 10.1 Å². The highest BCUT2D eigenvalue weighted by molar-refractivity contribution is 5.83. The van der Waals surface area contributed by atoms with E-state index in [0.717, 1.165) is 45.9 Å². The van der Waals surface area contributed by atoms with Crippen molar-refractivity contribution in [2.24, 2.45) is 0 Å². The van der Waals surface area contributed by atoms with Gasteiger partial charge in [0.15, 0.2) is 0 Å². The Labute approximate surface area is 188 Å². The van der Waals surface area contributed by atoms with E-state index in [-0.39, 0.29) is 11.8 Å². The number of H-pyrrole nitrogens is 1. The van der Waals surface area contributed by atoms with E-state index in [0.29, 0.717) is 6.54 Å². The number of aromatic nitrogens is 2. The smallest absolute Gasteiger partial charge is 0.227 e. The maximum atomic E-state index is 12.8. The van der Waals surface area contributed by atoms with Crippen molar-refractivity contribution in [3.8, 4) is 28.4 Å². The van der Waals surface area contributed by atoms with Crippen LogP contribution in [0.3, 0.4) is 0 Å². The Morgan fingerprint density at radius 1 is 1.00 bits per heavy atom. The van der Waals surface area contributed by atoms with Crippen molar-refractivity contribution < 1.29 is 9.53 Å². The highest BCUT2D eigenvalue weighted by Gasteiger charge is 2.18. The number of ether oxygens (including phenoxy) is 1. The van der Waals surface area contributed by atoms with Gasteiger partial charge in [0.25, 0.3) is 0 Å². The van der Waals surface area contributed by atoms with Gasteiger partial charge in [-0.05, 0) is 35.7 Å². The van der Waals surface area contributed by atoms with E-state index in [2.05, 4.69) is 21.4 Å². The molecule has 1 aromatic heterocycles. The molecule has 0 saturated carbocycles. The van der Waals surface area contributed by atoms with E-state index in [1.807, 2.05) is 85.9 Å². The molecule has 0 aliphatic rings. The highest BCUT2D eigenvalue weighted by atomic mass is 16.5. The topological polar surface area (TPSA) is 67.0 Å². The number of carbonyl (C=O) groups excluding carboxylic acids is 1. The number of nitrogens with one attached hydrogen (secondary N) is 2. The predicted molar refractivity (Wildman–Crippen MR) is 127 cm³/mol. The normalized spacial score (nSPS) is 11.7. The summed E-state index contributed by atoms with van der Waals surface area (Å²) in [4.78, 5) is 20.7. The van der Waals surface area contributed by atoms with E-state index in [1.165, 1.54) is 0 Å². The van der Waals surface area contributed by atoms with E-state index < -0.39 is 0 Å². The molecular formula is C27H27N3O2. The van der Waals surface area contributed by atoms with Gasteiger partial charge in [-0.15, -0.1) is 0 Å². The zero-order valence-electron chi connectivity index (χ0n) is 18.3. The molecule has 0 saturated heterocycles. The third kappa shape index (κ3) is 4.89. The van der Waals surface area contributed by atoms with Crippen LogP contribution in [-0.2, 0) is 11.3 Å². The summed E-state index contributed by atoms with van der Waals surface area (Å²) < 4.78 is 5.31. The van der Waals surface area contributed by atoms with Crippen molar-refractivity contribution >= 4 is 5.91 Å². The van der Waals surface area contributed by atoms with Crippen molar-refractivity contribution in [2.45, 2.75) is 25.8 Å². The van der Waals surface area contributed by atoms with Gasteiger partial charge in [-0.2, -0.15) is 0 Å². The molecule has 0 spiro atoms. The number of rotatable bonds is 8. The fourth-order valence-electron chi connectivity index (χ4n) is 3.80. The zero-order chi connectivity index (χ0) is 22.3. The second-order valence-electron chi connectivity index (χ2n) is 7.67. The quantitative estimate of drug-likeness (QED) is 0.388. The van der Waals surface area contributed by atoms with Gasteiger partial charge in [0, 0.05) is 17.7 Å². The Balaban J connectivity index is 1.46. The van der Waals surface area contributed by atoms with Gasteiger partial charge in [-0.1, -0.05) is 67.6 Å². The van der Waals surface area contributed by atoms with Crippen LogP contribution in [0.25, 0.3) is 22.6 Å². The van der Waals surface area contributed by atoms with Crippen LogP contribution in [0.5, 0.6) is 5.75 Å². The molecule has 0 radical (unpaired) electrons. The fourth-order valence-corrected chi connectivity index (χ4v) is 3.80. The molecule has 4 rings (SSSR count). The molecular weight excluding hydrogens is 398 g/mol. The highest BCUT2D eigenvalue weighted by Crippen LogP contribution is 2.26. The SMILES string of the molecule is CCC(C(=O)NCc1cccc(-c2ncc(-c3cccc(OC)c3)[nH]2)c1)c1ccccc1. The van der Waals surface area contributed by atoms with Crippen molar-refractivity contribution in [2.75, 3.05) is 7.11 Å². The third-order valence-corrected chi connectivity index (χ3v) is 5.55. The molecule has 162 valence electrons. The van der Waals surface area contributed by atoms with Gasteiger partial charge in [0.05, 0.1) is 24.9 Å². The van der Waals surface area contributed by atoms with Crippen LogP contribution >= 0.6 is 0 Å². The lowest BCUT2D eigenvalue weighted by atomic mass is 9.95. The monoisotopic (exact) mass is 425 g/mol. The first kappa shape index (κ1) is 21.4. The lowest BCUT2D eigenvalue weighted by Gasteiger charge is -2.15. The van der Waals surface area contributed by atoms with Crippen LogP contribution in [0, 0.1) is 0 Å². The van der Waals surface area contributed by atoms with Crippen molar-refractivity contribution in [1.82, 2.24) is 15.3 Å². The van der Waals surface area contributed by atoms with Crippen LogP contribution in [0.4, 0.5) is 0 Å². The molecule has 5 nitrogen and oxygen atoms in total. The lowest BCUT2D eigenvalue weighted by Crippen LogP contribution is -2.28. The Morgan fingerprint density at radius 3 is 2.56 bits per heavy atom. The number of nitrogens with zero attached hydrogens (tertiary/aromatic N) is 1. The average molecular weight is 426 g/mol. The molecule has 0 aliphatic carbocycles. The summed E-state index contributed by atoms with van der Waals surface area (Å²) in [7, 11) is 1.66. The molecule has 5 heteroatoms. The number of hydrogen-bond acceptors (Lipinski definition) is 3. The first-order valence-corrected chi connectivity index (χ1v) is 10.8. The van der Waals surface area contributed by atoms with Gasteiger partial charge in [0.2, 0.25) is 5.91 Å². The summed E-state index contributed by atoms with van der Waals surface area (Å²) in [5.74, 6) is 1.49. The van der Waals surface area contributed by atoms with Crippen molar-refractivity contribution in [1.29, 1.82) is 0 Å². The minimum atomic E-state index is -0.144. The number of imidazole rings is 1. The Hall–Kier alpha value is -3.86. The molecule has 1 amide bonds. The lowest BCUT2D eigenvalue weighted by molar-refractivity contribution is -0.122. The molecule has 0 aliphatic heterocycles. The van der Waals surface area contributed by atoms with Crippen LogP contribution in [0.15, 0.2) is 85.1 Å². The predicted octanol–water partition coefficient (Wildman–Crippen LogP) is 5.56. The summed E-state index contributed by atoms with van der Waals surface area (Å²) in [6.45, 7) is 2.51. The molecule has 1 heterocycles. The van der Waals surface area contributed by atoms with Gasteiger partial charge < -0.3 is 15.0 Å². The third-order valence-electron chi connectivity index (χ3n) is 5.55. The maximum absolute atomic E-state index is 12.8. The van der Waals surface area contributed by atoms with E-state index >= 15 is 0 Å². The number of hydrogen-bond donors (Lipinski definition) is 2. The molecule has 2 N–H and O–H groups in total. The minimum Gasteiger partial charge on any atom is -0.497 e. The largest absolute Gasteiger partial charge is 0.497 e. The second-order valence-corrected chi connectivity index (χ2v) is 7.67. The summed E-state index contributed by atoms with van der Waals surface area (Å²) >= 11 is 0. The van der Waals surface area contributed by atoms with E-state index in [4.69, 9.17) is 4.74 Å². The van der Waals surface area contributed by atoms with Gasteiger partial charge in [0.1, 0.15) is 11.6 Å². The van der Waals surface area contributed by atoms with E-state index in [1.54, 1.807) is 7.11 Å². The standard InChI is InChI=1S/C27H27N3O2/c1-3-24(20-10-5-4-6-11-20)27(31)29-17-19-9-7-13-22(15-19)26-28-18-25(30-26)21-12-8-14-23(16-21)32-2/h4-16,18,24H,3,17H2,1-2H3,(H,28,30)(H,29,31). The van der Waals surface area contributed by atoms with Crippen LogP contribution in [-0.4, -0.2) is 23.0 Å². The molecule has 0 bridgehead atoms. The maximum Gasteiger partial charge on any atom is 0.227 e. The molecule has 1 atom stereocenters. The number of carbonyl (C=O) groups is 1. The first-order chi connectivity index (χ1) is 15.7. The van der Waals surface area contributed by atoms with Crippen molar-refractivity contribution in [3.63, 3.8) is 0 Å². The van der Waals surface area contributed by atoms with Crippen LogP contribution in [0.1, 0.15) is 30.4 Å². The minimum absolute atomic E-state index is 0.0439. The average Bonchev–Trinajstić information content (AvgIpc) is 3.35. The Bertz CT molecular complexity index is 1180. The molecule has 4 aromatic rings. The number of aromatic amines is 1. The van der Waals surface area contributed by atoms with Gasteiger partial charge in [-0.3, -0.25) is 4.79 Å². The summed E-state index contributed by atoms with van der Waals surface area (Å²) in [5, 5.41) is 3.09. The first-order valence-electron chi connectivity index (χ1n) is 10.8. The summed E-state index contributed by atoms with van der Waals surface area (Å²) in [5.41, 5.74) is 4.98. The number of methoxy groups -OCH3 is 1. The second kappa shape index (κ2) is 9.96. The van der Waals surface area contributed by atoms with Crippen LogP contribution in [0.2, 0.25) is 0 Å². The molecule has 1 unspecified atom stereocenters. The molecule has 3 aromatic carbocycles.